The van der Waals surface area contributed by atoms with Gasteiger partial charge in [0.05, 0.1) is 19.6 Å². The fourth-order valence-corrected chi connectivity index (χ4v) is 2.00. The number of carbonyl (C=O) groups excluding carboxylic acids is 2. The fourth-order valence-electron chi connectivity index (χ4n) is 2.00. The third kappa shape index (κ3) is 7.13. The Kier molecular flexibility index (Phi) is 7.74. The summed E-state index contributed by atoms with van der Waals surface area (Å²) in [5.41, 5.74) is 0.756. The molecule has 0 spiro atoms. The molecule has 1 unspecified atom stereocenters. The Hall–Kier alpha value is -2.57. The molecule has 0 aliphatic carbocycles. The minimum atomic E-state index is -1.14. The van der Waals surface area contributed by atoms with Gasteiger partial charge in [0.2, 0.25) is 5.91 Å². The Morgan fingerprint density at radius 3 is 2.25 bits per heavy atom. The number of amides is 1. The number of hydrogen-bond acceptors (Lipinski definition) is 5. The molecule has 0 heterocycles. The fraction of sp³-hybridized carbons (Fsp3) is 0.471. The number of carboxylic acids is 1. The zero-order chi connectivity index (χ0) is 18.1. The van der Waals surface area contributed by atoms with Gasteiger partial charge < -0.3 is 19.9 Å². The summed E-state index contributed by atoms with van der Waals surface area (Å²) in [4.78, 5) is 34.1. The van der Waals surface area contributed by atoms with E-state index in [1.165, 1.54) is 7.11 Å². The van der Waals surface area contributed by atoms with Gasteiger partial charge in [-0.2, -0.15) is 0 Å². The second kappa shape index (κ2) is 9.54. The summed E-state index contributed by atoms with van der Waals surface area (Å²) >= 11 is 0. The van der Waals surface area contributed by atoms with Crippen LogP contribution in [0.4, 0.5) is 0 Å². The molecule has 0 aromatic heterocycles. The van der Waals surface area contributed by atoms with Crippen LogP contribution in [-0.2, 0) is 25.5 Å². The van der Waals surface area contributed by atoms with Crippen LogP contribution < -0.4 is 10.1 Å². The van der Waals surface area contributed by atoms with Crippen molar-refractivity contribution in [2.75, 3.05) is 7.11 Å². The normalized spacial score (nSPS) is 11.7. The van der Waals surface area contributed by atoms with Crippen LogP contribution >= 0.6 is 0 Å². The molecule has 0 saturated heterocycles. The van der Waals surface area contributed by atoms with Crippen molar-refractivity contribution in [2.45, 2.75) is 45.3 Å². The summed E-state index contributed by atoms with van der Waals surface area (Å²) in [7, 11) is 1.23. The van der Waals surface area contributed by atoms with E-state index in [9.17, 15) is 19.5 Å². The summed E-state index contributed by atoms with van der Waals surface area (Å²) < 4.78 is 9.96. The van der Waals surface area contributed by atoms with Gasteiger partial charge >= 0.3 is 11.9 Å². The minimum Gasteiger partial charge on any atom is -0.491 e. The molecule has 1 rings (SSSR count). The second-order valence-electron chi connectivity index (χ2n) is 5.55. The van der Waals surface area contributed by atoms with Gasteiger partial charge in [-0.15, -0.1) is 0 Å². The van der Waals surface area contributed by atoms with Crippen molar-refractivity contribution >= 4 is 17.8 Å². The third-order valence-electron chi connectivity index (χ3n) is 3.15. The van der Waals surface area contributed by atoms with Crippen LogP contribution in [0.25, 0.3) is 0 Å². The highest BCUT2D eigenvalue weighted by Crippen LogP contribution is 2.15. The van der Waals surface area contributed by atoms with Crippen LogP contribution in [0.3, 0.4) is 0 Å². The van der Waals surface area contributed by atoms with Crippen molar-refractivity contribution in [2.24, 2.45) is 0 Å². The SMILES string of the molecule is COC(=O)CCC(=O)NC(Cc1ccc(OC(C)C)cc1)C(=O)O. The smallest absolute Gasteiger partial charge is 0.326 e. The standard InChI is InChI=1S/C17H23NO6/c1-11(2)24-13-6-4-12(5-7-13)10-14(17(21)22)18-15(19)8-9-16(20)23-3/h4-7,11,14H,8-10H2,1-3H3,(H,18,19)(H,21,22). The molecular weight excluding hydrogens is 314 g/mol. The van der Waals surface area contributed by atoms with Gasteiger partial charge in [-0.05, 0) is 31.5 Å². The molecule has 0 aliphatic rings. The van der Waals surface area contributed by atoms with E-state index < -0.39 is 23.9 Å². The van der Waals surface area contributed by atoms with Crippen LogP contribution in [0.2, 0.25) is 0 Å². The number of benzene rings is 1. The zero-order valence-electron chi connectivity index (χ0n) is 14.1. The molecule has 1 aromatic rings. The lowest BCUT2D eigenvalue weighted by atomic mass is 10.1. The Bertz CT molecular complexity index is 567. The van der Waals surface area contributed by atoms with Crippen LogP contribution in [0.1, 0.15) is 32.3 Å². The van der Waals surface area contributed by atoms with E-state index in [4.69, 9.17) is 4.74 Å². The minimum absolute atomic E-state index is 0.0525. The maximum atomic E-state index is 11.7. The quantitative estimate of drug-likeness (QED) is 0.663. The lowest BCUT2D eigenvalue weighted by Gasteiger charge is -2.15. The number of ether oxygens (including phenoxy) is 2. The van der Waals surface area contributed by atoms with Gasteiger partial charge in [-0.3, -0.25) is 9.59 Å². The molecule has 132 valence electrons. The first-order valence-corrected chi connectivity index (χ1v) is 7.66. The zero-order valence-corrected chi connectivity index (χ0v) is 14.1. The highest BCUT2D eigenvalue weighted by atomic mass is 16.5. The van der Waals surface area contributed by atoms with Crippen molar-refractivity contribution in [1.29, 1.82) is 0 Å². The van der Waals surface area contributed by atoms with Gasteiger partial charge in [0.15, 0.2) is 0 Å². The third-order valence-corrected chi connectivity index (χ3v) is 3.15. The molecule has 2 N–H and O–H groups in total. The summed E-state index contributed by atoms with van der Waals surface area (Å²) in [5, 5.41) is 11.7. The lowest BCUT2D eigenvalue weighted by molar-refractivity contribution is -0.143. The molecular formula is C17H23NO6. The van der Waals surface area contributed by atoms with E-state index in [-0.39, 0.29) is 25.4 Å². The van der Waals surface area contributed by atoms with E-state index in [0.29, 0.717) is 5.75 Å². The van der Waals surface area contributed by atoms with Crippen molar-refractivity contribution in [3.05, 3.63) is 29.8 Å². The average molecular weight is 337 g/mol. The molecule has 24 heavy (non-hydrogen) atoms. The first kappa shape index (κ1) is 19.5. The topological polar surface area (TPSA) is 102 Å². The van der Waals surface area contributed by atoms with E-state index in [0.717, 1.165) is 5.56 Å². The molecule has 1 atom stereocenters. The van der Waals surface area contributed by atoms with Crippen LogP contribution in [0.15, 0.2) is 24.3 Å². The van der Waals surface area contributed by atoms with Gasteiger partial charge in [0.25, 0.3) is 0 Å². The van der Waals surface area contributed by atoms with Crippen LogP contribution in [0.5, 0.6) is 5.75 Å². The number of carboxylic acid groups (broad SMARTS) is 1. The van der Waals surface area contributed by atoms with E-state index in [1.807, 2.05) is 13.8 Å². The van der Waals surface area contributed by atoms with E-state index in [2.05, 4.69) is 10.1 Å². The van der Waals surface area contributed by atoms with Crippen LogP contribution in [0, 0.1) is 0 Å². The number of rotatable bonds is 9. The molecule has 0 bridgehead atoms. The molecule has 1 amide bonds. The molecule has 7 heteroatoms. The van der Waals surface area contributed by atoms with E-state index in [1.54, 1.807) is 24.3 Å². The highest BCUT2D eigenvalue weighted by Gasteiger charge is 2.20. The molecule has 7 nitrogen and oxygen atoms in total. The summed E-state index contributed by atoms with van der Waals surface area (Å²) in [5.74, 6) is -1.46. The van der Waals surface area contributed by atoms with Crippen molar-refractivity contribution < 1.29 is 29.0 Å². The number of carbonyl (C=O) groups is 3. The number of hydrogen-bond donors (Lipinski definition) is 2. The summed E-state index contributed by atoms with van der Waals surface area (Å²) in [6, 6.07) is 5.97. The monoisotopic (exact) mass is 337 g/mol. The second-order valence-corrected chi connectivity index (χ2v) is 5.55. The maximum Gasteiger partial charge on any atom is 0.326 e. The van der Waals surface area contributed by atoms with Crippen molar-refractivity contribution in [1.82, 2.24) is 5.32 Å². The largest absolute Gasteiger partial charge is 0.491 e. The molecule has 0 radical (unpaired) electrons. The molecule has 0 aliphatic heterocycles. The average Bonchev–Trinajstić information content (AvgIpc) is 2.53. The van der Waals surface area contributed by atoms with Gasteiger partial charge in [0.1, 0.15) is 11.8 Å². The Morgan fingerprint density at radius 1 is 1.12 bits per heavy atom. The Morgan fingerprint density at radius 2 is 1.75 bits per heavy atom. The van der Waals surface area contributed by atoms with E-state index >= 15 is 0 Å². The van der Waals surface area contributed by atoms with Gasteiger partial charge in [0, 0.05) is 12.8 Å². The first-order valence-electron chi connectivity index (χ1n) is 7.66. The molecule has 0 fully saturated rings. The first-order chi connectivity index (χ1) is 11.3. The highest BCUT2D eigenvalue weighted by molar-refractivity contribution is 5.85. The van der Waals surface area contributed by atoms with Gasteiger partial charge in [-0.25, -0.2) is 4.79 Å². The maximum absolute atomic E-state index is 11.7. The molecule has 1 aromatic carbocycles. The van der Waals surface area contributed by atoms with Crippen molar-refractivity contribution in [3.63, 3.8) is 0 Å². The van der Waals surface area contributed by atoms with Gasteiger partial charge in [-0.1, -0.05) is 12.1 Å². The summed E-state index contributed by atoms with van der Waals surface area (Å²) in [6.07, 6.45) is -0.00821. The van der Waals surface area contributed by atoms with Crippen LogP contribution in [-0.4, -0.2) is 42.2 Å². The number of methoxy groups -OCH3 is 1. The number of esters is 1. The lowest BCUT2D eigenvalue weighted by Crippen LogP contribution is -2.42. The summed E-state index contributed by atoms with van der Waals surface area (Å²) in [6.45, 7) is 3.83. The predicted molar refractivity (Wildman–Crippen MR) is 86.7 cm³/mol. The van der Waals surface area contributed by atoms with Crippen molar-refractivity contribution in [3.8, 4) is 5.75 Å². The Balaban J connectivity index is 2.61. The number of aliphatic carboxylic acids is 1. The number of nitrogens with one attached hydrogen (secondary N) is 1. The molecule has 0 saturated carbocycles. The predicted octanol–water partition coefficient (Wildman–Crippen LogP) is 1.54. The Labute approximate surface area is 141 Å².